The molecule has 0 aliphatic rings. The van der Waals surface area contributed by atoms with Crippen molar-refractivity contribution in [3.05, 3.63) is 0 Å². The number of thioether (sulfide) groups is 1. The molecule has 0 radical (unpaired) electrons. The molecular weight excluding hydrogens is 256 g/mol. The minimum Gasteiger partial charge on any atom is -0.394 e. The van der Waals surface area contributed by atoms with E-state index in [0.717, 1.165) is 6.42 Å². The van der Waals surface area contributed by atoms with E-state index in [0.29, 0.717) is 12.3 Å². The SMILES string of the molecule is CCCNC(=O)CN(C)C(=O)CSCC(O)CO. The highest BCUT2D eigenvalue weighted by atomic mass is 32.2. The standard InChI is InChI=1S/C11H22N2O4S/c1-3-4-12-10(16)5-13(2)11(17)8-18-7-9(15)6-14/h9,14-15H,3-8H2,1-2H3,(H,12,16). The lowest BCUT2D eigenvalue weighted by atomic mass is 10.4. The van der Waals surface area contributed by atoms with Crippen LogP contribution in [0.15, 0.2) is 0 Å². The summed E-state index contributed by atoms with van der Waals surface area (Å²) < 4.78 is 0. The molecule has 0 aromatic carbocycles. The van der Waals surface area contributed by atoms with Crippen LogP contribution in [0.25, 0.3) is 0 Å². The van der Waals surface area contributed by atoms with Crippen LogP contribution in [0, 0.1) is 0 Å². The quantitative estimate of drug-likeness (QED) is 0.506. The van der Waals surface area contributed by atoms with Gasteiger partial charge in [-0.1, -0.05) is 6.92 Å². The lowest BCUT2D eigenvalue weighted by Crippen LogP contribution is -2.39. The van der Waals surface area contributed by atoms with Crippen LogP contribution in [0.4, 0.5) is 0 Å². The number of rotatable bonds is 9. The number of amides is 2. The molecule has 0 saturated carbocycles. The first-order chi connectivity index (χ1) is 8.51. The van der Waals surface area contributed by atoms with Crippen molar-refractivity contribution >= 4 is 23.6 Å². The summed E-state index contributed by atoms with van der Waals surface area (Å²) in [6, 6.07) is 0. The minimum absolute atomic E-state index is 0.0436. The van der Waals surface area contributed by atoms with Gasteiger partial charge in [0.1, 0.15) is 0 Å². The maximum absolute atomic E-state index is 11.6. The largest absolute Gasteiger partial charge is 0.394 e. The predicted molar refractivity (Wildman–Crippen MR) is 71.4 cm³/mol. The van der Waals surface area contributed by atoms with E-state index >= 15 is 0 Å². The third-order valence-corrected chi connectivity index (χ3v) is 3.20. The molecule has 0 aliphatic heterocycles. The van der Waals surface area contributed by atoms with Crippen molar-refractivity contribution in [1.29, 1.82) is 0 Å². The normalized spacial score (nSPS) is 12.0. The van der Waals surface area contributed by atoms with Gasteiger partial charge < -0.3 is 20.4 Å². The van der Waals surface area contributed by atoms with Gasteiger partial charge in [-0.25, -0.2) is 0 Å². The minimum atomic E-state index is -0.805. The second kappa shape index (κ2) is 10.2. The zero-order chi connectivity index (χ0) is 14.0. The summed E-state index contributed by atoms with van der Waals surface area (Å²) in [5.41, 5.74) is 0. The summed E-state index contributed by atoms with van der Waals surface area (Å²) in [5.74, 6) is 0.150. The van der Waals surface area contributed by atoms with Gasteiger partial charge in [0.2, 0.25) is 11.8 Å². The van der Waals surface area contributed by atoms with Gasteiger partial charge in [0, 0.05) is 19.3 Å². The smallest absolute Gasteiger partial charge is 0.239 e. The van der Waals surface area contributed by atoms with Gasteiger partial charge in [-0.2, -0.15) is 0 Å². The van der Waals surface area contributed by atoms with E-state index < -0.39 is 6.10 Å². The lowest BCUT2D eigenvalue weighted by Gasteiger charge is -2.16. The fraction of sp³-hybridized carbons (Fsp3) is 0.818. The van der Waals surface area contributed by atoms with Crippen LogP contribution in [0.3, 0.4) is 0 Å². The number of carbonyl (C=O) groups is 2. The molecule has 0 saturated heterocycles. The number of likely N-dealkylation sites (N-methyl/N-ethyl adjacent to an activating group) is 1. The Bertz CT molecular complexity index is 263. The lowest BCUT2D eigenvalue weighted by molar-refractivity contribution is -0.132. The molecule has 7 heteroatoms. The van der Waals surface area contributed by atoms with Crippen LogP contribution in [0.5, 0.6) is 0 Å². The van der Waals surface area contributed by atoms with Crippen molar-refractivity contribution < 1.29 is 19.8 Å². The van der Waals surface area contributed by atoms with Gasteiger partial charge in [-0.3, -0.25) is 9.59 Å². The number of nitrogens with zero attached hydrogens (tertiary/aromatic N) is 1. The Morgan fingerprint density at radius 1 is 1.44 bits per heavy atom. The van der Waals surface area contributed by atoms with E-state index in [-0.39, 0.29) is 30.7 Å². The number of carbonyl (C=O) groups excluding carboxylic acids is 2. The maximum atomic E-state index is 11.6. The fourth-order valence-corrected chi connectivity index (χ4v) is 1.96. The highest BCUT2D eigenvalue weighted by Gasteiger charge is 2.13. The maximum Gasteiger partial charge on any atom is 0.239 e. The molecule has 0 bridgehead atoms. The fourth-order valence-electron chi connectivity index (χ4n) is 1.07. The van der Waals surface area contributed by atoms with Gasteiger partial charge in [0.25, 0.3) is 0 Å². The second-order valence-electron chi connectivity index (χ2n) is 3.95. The zero-order valence-electron chi connectivity index (χ0n) is 10.9. The monoisotopic (exact) mass is 278 g/mol. The average Bonchev–Trinajstić information content (AvgIpc) is 2.35. The Labute approximate surface area is 112 Å². The molecule has 0 spiro atoms. The summed E-state index contributed by atoms with van der Waals surface area (Å²) >= 11 is 1.23. The third-order valence-electron chi connectivity index (χ3n) is 2.13. The molecular formula is C11H22N2O4S. The van der Waals surface area contributed by atoms with Crippen LogP contribution in [0.2, 0.25) is 0 Å². The van der Waals surface area contributed by atoms with E-state index in [4.69, 9.17) is 10.2 Å². The van der Waals surface area contributed by atoms with Crippen molar-refractivity contribution in [1.82, 2.24) is 10.2 Å². The molecule has 0 rings (SSSR count). The van der Waals surface area contributed by atoms with Crippen LogP contribution < -0.4 is 5.32 Å². The summed E-state index contributed by atoms with van der Waals surface area (Å²) in [7, 11) is 1.57. The van der Waals surface area contributed by atoms with Crippen molar-refractivity contribution in [2.75, 3.05) is 38.2 Å². The van der Waals surface area contributed by atoms with Gasteiger partial charge >= 0.3 is 0 Å². The molecule has 0 fully saturated rings. The Hall–Kier alpha value is -0.790. The van der Waals surface area contributed by atoms with Crippen molar-refractivity contribution in [2.45, 2.75) is 19.4 Å². The molecule has 18 heavy (non-hydrogen) atoms. The number of aliphatic hydroxyl groups excluding tert-OH is 2. The first kappa shape index (κ1) is 17.2. The van der Waals surface area contributed by atoms with Crippen molar-refractivity contribution in [2.24, 2.45) is 0 Å². The topological polar surface area (TPSA) is 89.9 Å². The van der Waals surface area contributed by atoms with E-state index in [2.05, 4.69) is 5.32 Å². The van der Waals surface area contributed by atoms with Gasteiger partial charge in [0.05, 0.1) is 25.0 Å². The number of nitrogens with one attached hydrogen (secondary N) is 1. The molecule has 0 heterocycles. The second-order valence-corrected chi connectivity index (χ2v) is 4.98. The Morgan fingerprint density at radius 3 is 2.67 bits per heavy atom. The molecule has 2 amide bonds. The van der Waals surface area contributed by atoms with Crippen LogP contribution in [-0.2, 0) is 9.59 Å². The number of aliphatic hydroxyl groups is 2. The molecule has 1 atom stereocenters. The molecule has 0 aliphatic carbocycles. The first-order valence-corrected chi connectivity index (χ1v) is 7.04. The van der Waals surface area contributed by atoms with E-state index in [1.165, 1.54) is 16.7 Å². The summed E-state index contributed by atoms with van der Waals surface area (Å²) in [5, 5.41) is 20.4. The average molecular weight is 278 g/mol. The summed E-state index contributed by atoms with van der Waals surface area (Å²) in [6.07, 6.45) is 0.0548. The first-order valence-electron chi connectivity index (χ1n) is 5.88. The molecule has 106 valence electrons. The van der Waals surface area contributed by atoms with E-state index in [1.807, 2.05) is 6.92 Å². The number of hydrogen-bond acceptors (Lipinski definition) is 5. The molecule has 0 aromatic rings. The zero-order valence-corrected chi connectivity index (χ0v) is 11.7. The van der Waals surface area contributed by atoms with Gasteiger partial charge in [0.15, 0.2) is 0 Å². The number of hydrogen-bond donors (Lipinski definition) is 3. The molecule has 0 aromatic heterocycles. The van der Waals surface area contributed by atoms with Gasteiger partial charge in [-0.05, 0) is 6.42 Å². The summed E-state index contributed by atoms with van der Waals surface area (Å²) in [6.45, 7) is 2.30. The van der Waals surface area contributed by atoms with Crippen molar-refractivity contribution in [3.63, 3.8) is 0 Å². The Kier molecular flexibility index (Phi) is 9.72. The van der Waals surface area contributed by atoms with Crippen LogP contribution in [-0.4, -0.2) is 71.3 Å². The molecule has 1 unspecified atom stereocenters. The predicted octanol–water partition coefficient (Wildman–Crippen LogP) is -0.943. The van der Waals surface area contributed by atoms with E-state index in [9.17, 15) is 9.59 Å². The third kappa shape index (κ3) is 8.32. The molecule has 3 N–H and O–H groups in total. The van der Waals surface area contributed by atoms with Crippen LogP contribution >= 0.6 is 11.8 Å². The Morgan fingerprint density at radius 2 is 2.11 bits per heavy atom. The summed E-state index contributed by atoms with van der Waals surface area (Å²) in [4.78, 5) is 24.3. The van der Waals surface area contributed by atoms with Crippen LogP contribution in [0.1, 0.15) is 13.3 Å². The van der Waals surface area contributed by atoms with E-state index in [1.54, 1.807) is 7.05 Å². The highest BCUT2D eigenvalue weighted by Crippen LogP contribution is 2.04. The molecule has 6 nitrogen and oxygen atoms in total. The van der Waals surface area contributed by atoms with Crippen molar-refractivity contribution in [3.8, 4) is 0 Å². The highest BCUT2D eigenvalue weighted by molar-refractivity contribution is 7.99. The van der Waals surface area contributed by atoms with Gasteiger partial charge in [-0.15, -0.1) is 11.8 Å². The Balaban J connectivity index is 3.78.